The Labute approximate surface area is 124 Å². The van der Waals surface area contributed by atoms with E-state index in [4.69, 9.17) is 21.2 Å². The van der Waals surface area contributed by atoms with Crippen LogP contribution in [0.3, 0.4) is 0 Å². The molecule has 21 heavy (non-hydrogen) atoms. The van der Waals surface area contributed by atoms with Gasteiger partial charge in [0, 0.05) is 11.1 Å². The maximum atomic E-state index is 11.7. The average molecular weight is 310 g/mol. The molecule has 2 rings (SSSR count). The summed E-state index contributed by atoms with van der Waals surface area (Å²) >= 11 is 5.73. The molecule has 0 unspecified atom stereocenters. The summed E-state index contributed by atoms with van der Waals surface area (Å²) in [4.78, 5) is 22.8. The summed E-state index contributed by atoms with van der Waals surface area (Å²) in [5, 5.41) is 18.0. The molecule has 0 atom stereocenters. The number of carbonyl (C=O) groups is 2. The van der Waals surface area contributed by atoms with Crippen molar-refractivity contribution in [3.8, 4) is 0 Å². The fourth-order valence-corrected chi connectivity index (χ4v) is 1.81. The lowest BCUT2D eigenvalue weighted by Gasteiger charge is -2.09. The monoisotopic (exact) mass is 309 g/mol. The van der Waals surface area contributed by atoms with Crippen molar-refractivity contribution in [2.45, 2.75) is 13.5 Å². The van der Waals surface area contributed by atoms with Gasteiger partial charge in [-0.25, -0.2) is 9.59 Å². The van der Waals surface area contributed by atoms with E-state index < -0.39 is 12.0 Å². The lowest BCUT2D eigenvalue weighted by molar-refractivity contribution is 0.0698. The molecule has 2 aromatic rings. The molecule has 1 aromatic heterocycles. The van der Waals surface area contributed by atoms with Crippen LogP contribution in [0.4, 0.5) is 10.5 Å². The topological polar surface area (TPSA) is 104 Å². The molecule has 1 aromatic carbocycles. The number of aromatic carboxylic acids is 1. The number of hydrogen-bond acceptors (Lipinski definition) is 4. The predicted molar refractivity (Wildman–Crippen MR) is 75.5 cm³/mol. The number of carboxylic acid groups (broad SMARTS) is 1. The minimum absolute atomic E-state index is 0.0880. The summed E-state index contributed by atoms with van der Waals surface area (Å²) in [6, 6.07) is 5.31. The highest BCUT2D eigenvalue weighted by molar-refractivity contribution is 6.31. The normalized spacial score (nSPS) is 10.2. The van der Waals surface area contributed by atoms with Crippen molar-refractivity contribution in [2.24, 2.45) is 0 Å². The van der Waals surface area contributed by atoms with Gasteiger partial charge in [0.25, 0.3) is 0 Å². The van der Waals surface area contributed by atoms with Crippen LogP contribution in [0, 0.1) is 6.92 Å². The van der Waals surface area contributed by atoms with Crippen molar-refractivity contribution in [2.75, 3.05) is 5.32 Å². The van der Waals surface area contributed by atoms with Crippen molar-refractivity contribution >= 4 is 29.3 Å². The van der Waals surface area contributed by atoms with E-state index >= 15 is 0 Å². The number of carboxylic acids is 1. The van der Waals surface area contributed by atoms with Gasteiger partial charge in [-0.15, -0.1) is 0 Å². The van der Waals surface area contributed by atoms with E-state index in [9.17, 15) is 9.59 Å². The van der Waals surface area contributed by atoms with Gasteiger partial charge in [-0.1, -0.05) is 16.8 Å². The van der Waals surface area contributed by atoms with Crippen molar-refractivity contribution in [1.29, 1.82) is 0 Å². The molecule has 0 aliphatic carbocycles. The van der Waals surface area contributed by atoms with E-state index in [0.717, 1.165) is 0 Å². The molecule has 8 heteroatoms. The van der Waals surface area contributed by atoms with Gasteiger partial charge in [-0.3, -0.25) is 0 Å². The van der Waals surface area contributed by atoms with Gasteiger partial charge in [-0.2, -0.15) is 0 Å². The zero-order chi connectivity index (χ0) is 15.4. The van der Waals surface area contributed by atoms with Gasteiger partial charge < -0.3 is 20.3 Å². The van der Waals surface area contributed by atoms with Crippen LogP contribution in [-0.4, -0.2) is 22.3 Å². The SMILES string of the molecule is Cc1cc(CNC(=O)Nc2ccc(Cl)cc2C(=O)O)no1. The van der Waals surface area contributed by atoms with Crippen LogP contribution in [0.15, 0.2) is 28.8 Å². The van der Waals surface area contributed by atoms with E-state index in [1.54, 1.807) is 13.0 Å². The second-order valence-corrected chi connectivity index (χ2v) is 4.67. The first kappa shape index (κ1) is 14.9. The second-order valence-electron chi connectivity index (χ2n) is 4.23. The van der Waals surface area contributed by atoms with Gasteiger partial charge in [0.15, 0.2) is 0 Å². The van der Waals surface area contributed by atoms with Gasteiger partial charge in [0.2, 0.25) is 0 Å². The number of urea groups is 1. The van der Waals surface area contributed by atoms with Crippen molar-refractivity contribution in [3.63, 3.8) is 0 Å². The molecule has 110 valence electrons. The van der Waals surface area contributed by atoms with Crippen molar-refractivity contribution in [1.82, 2.24) is 10.5 Å². The van der Waals surface area contributed by atoms with Crippen LogP contribution in [0.1, 0.15) is 21.8 Å². The minimum Gasteiger partial charge on any atom is -0.478 e. The van der Waals surface area contributed by atoms with E-state index in [0.29, 0.717) is 11.5 Å². The summed E-state index contributed by atoms with van der Waals surface area (Å²) in [5.74, 6) is -0.544. The van der Waals surface area contributed by atoms with E-state index in [1.165, 1.54) is 18.2 Å². The molecule has 0 aliphatic rings. The number of rotatable bonds is 4. The summed E-state index contributed by atoms with van der Waals surface area (Å²) in [7, 11) is 0. The Morgan fingerprint density at radius 1 is 1.38 bits per heavy atom. The maximum Gasteiger partial charge on any atom is 0.337 e. The molecular formula is C13H12ClN3O4. The minimum atomic E-state index is -1.18. The van der Waals surface area contributed by atoms with Gasteiger partial charge in [-0.05, 0) is 25.1 Å². The third kappa shape index (κ3) is 3.96. The largest absolute Gasteiger partial charge is 0.478 e. The Bertz CT molecular complexity index is 684. The molecule has 0 saturated heterocycles. The highest BCUT2D eigenvalue weighted by atomic mass is 35.5. The Hall–Kier alpha value is -2.54. The van der Waals surface area contributed by atoms with Crippen molar-refractivity contribution < 1.29 is 19.2 Å². The number of anilines is 1. The van der Waals surface area contributed by atoms with Gasteiger partial charge >= 0.3 is 12.0 Å². The molecule has 0 radical (unpaired) electrons. The number of aryl methyl sites for hydroxylation is 1. The zero-order valence-corrected chi connectivity index (χ0v) is 11.8. The van der Waals surface area contributed by atoms with Crippen LogP contribution in [-0.2, 0) is 6.54 Å². The highest BCUT2D eigenvalue weighted by Gasteiger charge is 2.13. The second kappa shape index (κ2) is 6.27. The van der Waals surface area contributed by atoms with Crippen LogP contribution in [0.25, 0.3) is 0 Å². The van der Waals surface area contributed by atoms with Crippen LogP contribution in [0.5, 0.6) is 0 Å². The molecule has 7 nitrogen and oxygen atoms in total. The van der Waals surface area contributed by atoms with Crippen LogP contribution in [0.2, 0.25) is 5.02 Å². The molecule has 1 heterocycles. The number of carbonyl (C=O) groups excluding carboxylic acids is 1. The lowest BCUT2D eigenvalue weighted by Crippen LogP contribution is -2.29. The first-order valence-corrected chi connectivity index (χ1v) is 6.33. The predicted octanol–water partition coefficient (Wildman–Crippen LogP) is 2.66. The lowest BCUT2D eigenvalue weighted by atomic mass is 10.2. The maximum absolute atomic E-state index is 11.7. The van der Waals surface area contributed by atoms with E-state index in [-0.39, 0.29) is 22.8 Å². The summed E-state index contributed by atoms with van der Waals surface area (Å²) in [6.07, 6.45) is 0. The number of nitrogens with one attached hydrogen (secondary N) is 2. The van der Waals surface area contributed by atoms with Gasteiger partial charge in [0.1, 0.15) is 11.5 Å². The quantitative estimate of drug-likeness (QED) is 0.805. The summed E-state index contributed by atoms with van der Waals surface area (Å²) < 4.78 is 4.86. The van der Waals surface area contributed by atoms with E-state index in [2.05, 4.69) is 15.8 Å². The van der Waals surface area contributed by atoms with E-state index in [1.807, 2.05) is 0 Å². The third-order valence-corrected chi connectivity index (χ3v) is 2.80. The average Bonchev–Trinajstić information content (AvgIpc) is 2.84. The Kier molecular flexibility index (Phi) is 4.44. The zero-order valence-electron chi connectivity index (χ0n) is 11.0. The molecule has 0 bridgehead atoms. The highest BCUT2D eigenvalue weighted by Crippen LogP contribution is 2.20. The Morgan fingerprint density at radius 3 is 2.76 bits per heavy atom. The fraction of sp³-hybridized carbons (Fsp3) is 0.154. The van der Waals surface area contributed by atoms with Crippen molar-refractivity contribution in [3.05, 3.63) is 46.3 Å². The number of amides is 2. The molecule has 2 amide bonds. The van der Waals surface area contributed by atoms with Crippen LogP contribution >= 0.6 is 11.6 Å². The molecule has 0 aliphatic heterocycles. The number of aromatic nitrogens is 1. The first-order chi connectivity index (χ1) is 9.95. The van der Waals surface area contributed by atoms with Gasteiger partial charge in [0.05, 0.1) is 17.8 Å². The number of hydrogen-bond donors (Lipinski definition) is 3. The molecule has 3 N–H and O–H groups in total. The third-order valence-electron chi connectivity index (χ3n) is 2.57. The molecule has 0 saturated carbocycles. The summed E-state index contributed by atoms with van der Waals surface area (Å²) in [5.41, 5.74) is 0.632. The number of halogens is 1. The first-order valence-electron chi connectivity index (χ1n) is 5.95. The number of benzene rings is 1. The molecule has 0 fully saturated rings. The Morgan fingerprint density at radius 2 is 2.14 bits per heavy atom. The fourth-order valence-electron chi connectivity index (χ4n) is 1.64. The molecular weight excluding hydrogens is 298 g/mol. The van der Waals surface area contributed by atoms with Crippen LogP contribution < -0.4 is 10.6 Å². The summed E-state index contributed by atoms with van der Waals surface area (Å²) in [6.45, 7) is 1.91. The number of nitrogens with zero attached hydrogens (tertiary/aromatic N) is 1. The smallest absolute Gasteiger partial charge is 0.337 e. The Balaban J connectivity index is 2.01. The standard InChI is InChI=1S/C13H12ClN3O4/c1-7-4-9(17-21-7)6-15-13(20)16-11-3-2-8(14)5-10(11)12(18)19/h2-5H,6H2,1H3,(H,18,19)(H2,15,16,20). The molecule has 0 spiro atoms.